The van der Waals surface area contributed by atoms with Crippen LogP contribution in [0.2, 0.25) is 0 Å². The van der Waals surface area contributed by atoms with Crippen LogP contribution in [0.3, 0.4) is 0 Å². The minimum absolute atomic E-state index is 0.239. The first-order valence-corrected chi connectivity index (χ1v) is 6.37. The third-order valence-corrected chi connectivity index (χ3v) is 3.81. The third-order valence-electron chi connectivity index (χ3n) is 2.01. The molecule has 1 atom stereocenters. The molecule has 0 aliphatic rings. The molecule has 0 spiro atoms. The van der Waals surface area contributed by atoms with Gasteiger partial charge < -0.3 is 0 Å². The van der Waals surface area contributed by atoms with Crippen LogP contribution in [0.5, 0.6) is 0 Å². The predicted molar refractivity (Wildman–Crippen MR) is 69.8 cm³/mol. The van der Waals surface area contributed by atoms with E-state index in [2.05, 4.69) is 45.4 Å². The number of terminal acetylenes is 1. The molecule has 4 heteroatoms. The van der Waals surface area contributed by atoms with E-state index in [-0.39, 0.29) is 6.04 Å². The number of thiophene rings is 1. The molecule has 0 saturated heterocycles. The average Bonchev–Trinajstić information content (AvgIpc) is 2.60. The highest BCUT2D eigenvalue weighted by molar-refractivity contribution is 14.1. The SMILES string of the molecule is C#CCCCC(NN)c1csc(I)c1. The van der Waals surface area contributed by atoms with E-state index in [1.165, 1.54) is 8.45 Å². The second-order valence-corrected chi connectivity index (χ2v) is 5.81. The van der Waals surface area contributed by atoms with Gasteiger partial charge in [0.25, 0.3) is 0 Å². The van der Waals surface area contributed by atoms with Crippen molar-refractivity contribution in [1.82, 2.24) is 5.43 Å². The van der Waals surface area contributed by atoms with Gasteiger partial charge in [-0.3, -0.25) is 11.3 Å². The molecule has 0 radical (unpaired) electrons. The Bertz CT molecular complexity index is 316. The Morgan fingerprint density at radius 2 is 2.50 bits per heavy atom. The van der Waals surface area contributed by atoms with Crippen LogP contribution < -0.4 is 11.3 Å². The van der Waals surface area contributed by atoms with Gasteiger partial charge in [0, 0.05) is 12.5 Å². The number of halogens is 1. The summed E-state index contributed by atoms with van der Waals surface area (Å²) in [5, 5.41) is 2.14. The first kappa shape index (κ1) is 12.0. The Balaban J connectivity index is 2.50. The van der Waals surface area contributed by atoms with Gasteiger partial charge in [-0.15, -0.1) is 23.7 Å². The molecule has 0 amide bonds. The summed E-state index contributed by atoms with van der Waals surface area (Å²) in [6.07, 6.45) is 8.02. The number of hydrazine groups is 1. The fourth-order valence-electron chi connectivity index (χ4n) is 1.26. The van der Waals surface area contributed by atoms with Crippen molar-refractivity contribution in [2.75, 3.05) is 0 Å². The maximum absolute atomic E-state index is 5.50. The highest BCUT2D eigenvalue weighted by Crippen LogP contribution is 2.25. The van der Waals surface area contributed by atoms with Crippen LogP contribution in [-0.4, -0.2) is 0 Å². The Kier molecular flexibility index (Phi) is 5.48. The molecule has 1 aromatic rings. The number of hydrogen-bond acceptors (Lipinski definition) is 3. The molecule has 0 bridgehead atoms. The van der Waals surface area contributed by atoms with E-state index in [0.29, 0.717) is 0 Å². The van der Waals surface area contributed by atoms with Gasteiger partial charge in [-0.2, -0.15) is 0 Å². The lowest BCUT2D eigenvalue weighted by molar-refractivity contribution is 0.503. The lowest BCUT2D eigenvalue weighted by Gasteiger charge is -2.13. The van der Waals surface area contributed by atoms with Gasteiger partial charge in [-0.25, -0.2) is 0 Å². The minimum Gasteiger partial charge on any atom is -0.271 e. The number of nitrogens with two attached hydrogens (primary N) is 1. The molecule has 1 aromatic heterocycles. The summed E-state index contributed by atoms with van der Waals surface area (Å²) in [6.45, 7) is 0. The molecule has 1 unspecified atom stereocenters. The van der Waals surface area contributed by atoms with Crippen LogP contribution in [0.1, 0.15) is 30.9 Å². The lowest BCUT2D eigenvalue weighted by Crippen LogP contribution is -2.27. The minimum atomic E-state index is 0.239. The third kappa shape index (κ3) is 3.58. The second-order valence-electron chi connectivity index (χ2n) is 3.00. The molecule has 3 N–H and O–H groups in total. The maximum atomic E-state index is 5.50. The highest BCUT2D eigenvalue weighted by atomic mass is 127. The van der Waals surface area contributed by atoms with E-state index in [0.717, 1.165) is 19.3 Å². The summed E-state index contributed by atoms with van der Waals surface area (Å²) in [4.78, 5) is 0. The molecule has 0 aliphatic heterocycles. The molecule has 2 nitrogen and oxygen atoms in total. The molecule has 14 heavy (non-hydrogen) atoms. The van der Waals surface area contributed by atoms with Crippen LogP contribution in [-0.2, 0) is 0 Å². The smallest absolute Gasteiger partial charge is 0.0656 e. The molecule has 76 valence electrons. The Labute approximate surface area is 102 Å². The largest absolute Gasteiger partial charge is 0.271 e. The summed E-state index contributed by atoms with van der Waals surface area (Å²) >= 11 is 4.05. The van der Waals surface area contributed by atoms with Crippen molar-refractivity contribution >= 4 is 33.9 Å². The molecule has 0 saturated carbocycles. The van der Waals surface area contributed by atoms with Crippen molar-refractivity contribution in [3.05, 3.63) is 19.9 Å². The molecule has 1 heterocycles. The predicted octanol–water partition coefficient (Wildman–Crippen LogP) is 2.66. The second kappa shape index (κ2) is 6.40. The summed E-state index contributed by atoms with van der Waals surface area (Å²) in [5.74, 6) is 8.13. The Morgan fingerprint density at radius 1 is 1.71 bits per heavy atom. The fraction of sp³-hybridized carbons (Fsp3) is 0.400. The van der Waals surface area contributed by atoms with E-state index in [1.54, 1.807) is 11.3 Å². The molecule has 0 aliphatic carbocycles. The van der Waals surface area contributed by atoms with Gasteiger partial charge in [0.1, 0.15) is 0 Å². The monoisotopic (exact) mass is 320 g/mol. The number of hydrogen-bond donors (Lipinski definition) is 2. The molecular weight excluding hydrogens is 307 g/mol. The van der Waals surface area contributed by atoms with Crippen molar-refractivity contribution in [2.24, 2.45) is 5.84 Å². The van der Waals surface area contributed by atoms with Crippen molar-refractivity contribution in [1.29, 1.82) is 0 Å². The van der Waals surface area contributed by atoms with Gasteiger partial charge in [-0.1, -0.05) is 0 Å². The molecule has 0 aromatic carbocycles. The fourth-order valence-corrected chi connectivity index (χ4v) is 2.69. The molecule has 1 rings (SSSR count). The van der Waals surface area contributed by atoms with Crippen LogP contribution >= 0.6 is 33.9 Å². The zero-order valence-corrected chi connectivity index (χ0v) is 10.8. The topological polar surface area (TPSA) is 38.0 Å². The van der Waals surface area contributed by atoms with Gasteiger partial charge in [0.05, 0.1) is 2.88 Å². The quantitative estimate of drug-likeness (QED) is 0.288. The average molecular weight is 320 g/mol. The Hall–Kier alpha value is -0.0900. The van der Waals surface area contributed by atoms with E-state index in [9.17, 15) is 0 Å². The number of rotatable bonds is 5. The van der Waals surface area contributed by atoms with Crippen LogP contribution in [0.4, 0.5) is 0 Å². The molecule has 0 fully saturated rings. The van der Waals surface area contributed by atoms with Crippen LogP contribution in [0.15, 0.2) is 11.4 Å². The normalized spacial score (nSPS) is 12.4. The Morgan fingerprint density at radius 3 is 3.00 bits per heavy atom. The van der Waals surface area contributed by atoms with Gasteiger partial charge in [0.15, 0.2) is 0 Å². The van der Waals surface area contributed by atoms with Gasteiger partial charge >= 0.3 is 0 Å². The first-order chi connectivity index (χ1) is 6.77. The van der Waals surface area contributed by atoms with E-state index in [4.69, 9.17) is 12.3 Å². The zero-order chi connectivity index (χ0) is 10.4. The number of nitrogens with one attached hydrogen (secondary N) is 1. The van der Waals surface area contributed by atoms with Crippen molar-refractivity contribution < 1.29 is 0 Å². The first-order valence-electron chi connectivity index (χ1n) is 4.41. The van der Waals surface area contributed by atoms with Gasteiger partial charge in [0.2, 0.25) is 0 Å². The van der Waals surface area contributed by atoms with E-state index < -0.39 is 0 Å². The summed E-state index contributed by atoms with van der Waals surface area (Å²) < 4.78 is 1.29. The lowest BCUT2D eigenvalue weighted by atomic mass is 10.1. The number of unbranched alkanes of at least 4 members (excludes halogenated alkanes) is 1. The maximum Gasteiger partial charge on any atom is 0.0656 e. The summed E-state index contributed by atoms with van der Waals surface area (Å²) in [6, 6.07) is 2.40. The van der Waals surface area contributed by atoms with Crippen LogP contribution in [0, 0.1) is 15.2 Å². The summed E-state index contributed by atoms with van der Waals surface area (Å²) in [7, 11) is 0. The summed E-state index contributed by atoms with van der Waals surface area (Å²) in [5.41, 5.74) is 4.09. The van der Waals surface area contributed by atoms with Crippen LogP contribution in [0.25, 0.3) is 0 Å². The molecular formula is C10H13IN2S. The standard InChI is InChI=1S/C10H13IN2S/c1-2-3-4-5-9(13-12)8-6-10(11)14-7-8/h1,6-7,9,13H,3-5,12H2. The van der Waals surface area contributed by atoms with Crippen molar-refractivity contribution in [3.8, 4) is 12.3 Å². The highest BCUT2D eigenvalue weighted by Gasteiger charge is 2.10. The van der Waals surface area contributed by atoms with Crippen molar-refractivity contribution in [2.45, 2.75) is 25.3 Å². The van der Waals surface area contributed by atoms with E-state index >= 15 is 0 Å². The van der Waals surface area contributed by atoms with Gasteiger partial charge in [-0.05, 0) is 52.4 Å². The zero-order valence-electron chi connectivity index (χ0n) is 7.79. The van der Waals surface area contributed by atoms with E-state index in [1.807, 2.05) is 0 Å². The van der Waals surface area contributed by atoms with Crippen molar-refractivity contribution in [3.63, 3.8) is 0 Å².